The minimum atomic E-state index is -0.747. The number of aryl methyl sites for hydroxylation is 1. The molecule has 0 bridgehead atoms. The van der Waals surface area contributed by atoms with E-state index in [-0.39, 0.29) is 23.4 Å². The second-order valence-electron chi connectivity index (χ2n) is 9.03. The molecule has 204 valence electrons. The molecule has 1 unspecified atom stereocenters. The topological polar surface area (TPSA) is 126 Å². The number of carbonyl (C=O) groups is 1. The molecule has 0 fully saturated rings. The van der Waals surface area contributed by atoms with Crippen molar-refractivity contribution in [2.45, 2.75) is 26.8 Å². The van der Waals surface area contributed by atoms with E-state index in [1.807, 2.05) is 6.92 Å². The van der Waals surface area contributed by atoms with Gasteiger partial charge in [0.15, 0.2) is 4.80 Å². The first-order valence-corrected chi connectivity index (χ1v) is 13.2. The Bertz CT molecular complexity index is 1850. The van der Waals surface area contributed by atoms with E-state index in [0.717, 1.165) is 5.56 Å². The van der Waals surface area contributed by atoms with Crippen molar-refractivity contribution in [2.75, 3.05) is 13.7 Å². The van der Waals surface area contributed by atoms with Gasteiger partial charge in [-0.1, -0.05) is 29.5 Å². The number of carbonyl (C=O) groups excluding carboxylic acids is 1. The molecular formula is C29H25N3O7S. The fraction of sp³-hybridized carbons (Fsp3) is 0.207. The van der Waals surface area contributed by atoms with Crippen molar-refractivity contribution in [3.8, 4) is 17.1 Å². The molecule has 11 heteroatoms. The number of benzene rings is 2. The van der Waals surface area contributed by atoms with Crippen LogP contribution in [0, 0.1) is 17.0 Å². The van der Waals surface area contributed by atoms with Crippen molar-refractivity contribution in [3.05, 3.63) is 113 Å². The highest BCUT2D eigenvalue weighted by Gasteiger charge is 2.33. The Morgan fingerprint density at radius 2 is 1.93 bits per heavy atom. The normalized spacial score (nSPS) is 15.0. The molecule has 40 heavy (non-hydrogen) atoms. The minimum absolute atomic E-state index is 0.0434. The van der Waals surface area contributed by atoms with Crippen molar-refractivity contribution in [1.29, 1.82) is 0 Å². The van der Waals surface area contributed by atoms with Gasteiger partial charge in [-0.05, 0) is 56.2 Å². The fourth-order valence-electron chi connectivity index (χ4n) is 4.59. The van der Waals surface area contributed by atoms with E-state index >= 15 is 0 Å². The van der Waals surface area contributed by atoms with Gasteiger partial charge < -0.3 is 13.9 Å². The van der Waals surface area contributed by atoms with Crippen molar-refractivity contribution >= 4 is 29.1 Å². The number of esters is 1. The summed E-state index contributed by atoms with van der Waals surface area (Å²) in [7, 11) is 1.56. The molecule has 0 radical (unpaired) electrons. The van der Waals surface area contributed by atoms with E-state index in [2.05, 4.69) is 4.99 Å². The van der Waals surface area contributed by atoms with E-state index in [1.54, 1.807) is 69.5 Å². The second kappa shape index (κ2) is 10.8. The maximum atomic E-state index is 13.8. The van der Waals surface area contributed by atoms with Gasteiger partial charge in [0.25, 0.3) is 11.2 Å². The smallest absolute Gasteiger partial charge is 0.338 e. The number of rotatable bonds is 7. The van der Waals surface area contributed by atoms with Crippen LogP contribution in [-0.2, 0) is 9.53 Å². The maximum absolute atomic E-state index is 13.8. The van der Waals surface area contributed by atoms with Crippen LogP contribution in [0.4, 0.5) is 5.69 Å². The zero-order valence-corrected chi connectivity index (χ0v) is 23.0. The van der Waals surface area contributed by atoms with Crippen LogP contribution in [0.1, 0.15) is 36.8 Å². The monoisotopic (exact) mass is 559 g/mol. The molecule has 0 amide bonds. The number of nitro benzene ring substituents is 1. The molecule has 1 aliphatic rings. The Kier molecular flexibility index (Phi) is 7.22. The number of nitrogens with zero attached hydrogens (tertiary/aromatic N) is 3. The Morgan fingerprint density at radius 3 is 2.60 bits per heavy atom. The van der Waals surface area contributed by atoms with Gasteiger partial charge in [0.05, 0.1) is 40.5 Å². The number of aromatic nitrogens is 1. The van der Waals surface area contributed by atoms with E-state index in [1.165, 1.54) is 28.0 Å². The lowest BCUT2D eigenvalue weighted by Gasteiger charge is -2.24. The summed E-state index contributed by atoms with van der Waals surface area (Å²) in [5.41, 5.74) is 2.46. The number of nitro groups is 1. The standard InChI is InChI=1S/C29H25N3O7S/c1-5-38-28(34)25-17(3)30-29-31(26(25)18-7-10-20(37-4)11-8-18)27(33)24(40-29)15-21-12-13-23(39-21)22-14-19(32(35)36)9-6-16(22)2/h6-15,26H,5H2,1-4H3. The average Bonchev–Trinajstić information content (AvgIpc) is 3.52. The number of non-ortho nitro benzene ring substituents is 1. The number of methoxy groups -OCH3 is 1. The molecule has 0 saturated heterocycles. The second-order valence-corrected chi connectivity index (χ2v) is 10.0. The molecule has 10 nitrogen and oxygen atoms in total. The lowest BCUT2D eigenvalue weighted by Crippen LogP contribution is -2.39. The van der Waals surface area contributed by atoms with Gasteiger partial charge in [0.1, 0.15) is 17.3 Å². The number of hydrogen-bond donors (Lipinski definition) is 0. The number of hydrogen-bond acceptors (Lipinski definition) is 9. The zero-order chi connectivity index (χ0) is 28.6. The first kappa shape index (κ1) is 26.8. The lowest BCUT2D eigenvalue weighted by atomic mass is 9.96. The number of furan rings is 1. The van der Waals surface area contributed by atoms with Crippen LogP contribution in [0.15, 0.2) is 80.1 Å². The molecule has 5 rings (SSSR count). The predicted molar refractivity (Wildman–Crippen MR) is 149 cm³/mol. The summed E-state index contributed by atoms with van der Waals surface area (Å²) in [6.07, 6.45) is 1.61. The summed E-state index contributed by atoms with van der Waals surface area (Å²) in [5, 5.41) is 11.2. The first-order chi connectivity index (χ1) is 19.2. The number of fused-ring (bicyclic) bond motifs is 1. The van der Waals surface area contributed by atoms with Crippen molar-refractivity contribution in [2.24, 2.45) is 4.99 Å². The number of allylic oxidation sites excluding steroid dienone is 1. The third-order valence-electron chi connectivity index (χ3n) is 6.55. The van der Waals surface area contributed by atoms with Gasteiger partial charge >= 0.3 is 5.97 Å². The predicted octanol–water partition coefficient (Wildman–Crippen LogP) is 4.28. The first-order valence-electron chi connectivity index (χ1n) is 12.4. The summed E-state index contributed by atoms with van der Waals surface area (Å²) in [6.45, 7) is 5.46. The Hall–Kier alpha value is -4.77. The largest absolute Gasteiger partial charge is 0.497 e. The highest BCUT2D eigenvalue weighted by Crippen LogP contribution is 2.32. The minimum Gasteiger partial charge on any atom is -0.497 e. The van der Waals surface area contributed by atoms with Crippen molar-refractivity contribution in [1.82, 2.24) is 4.57 Å². The summed E-state index contributed by atoms with van der Waals surface area (Å²) in [4.78, 5) is 42.6. The fourth-order valence-corrected chi connectivity index (χ4v) is 5.61. The average molecular weight is 560 g/mol. The Morgan fingerprint density at radius 1 is 1.18 bits per heavy atom. The van der Waals surface area contributed by atoms with Crippen molar-refractivity contribution in [3.63, 3.8) is 0 Å². The van der Waals surface area contributed by atoms with Crippen LogP contribution in [0.25, 0.3) is 17.4 Å². The summed E-state index contributed by atoms with van der Waals surface area (Å²) in [5.74, 6) is 0.939. The maximum Gasteiger partial charge on any atom is 0.338 e. The van der Waals surface area contributed by atoms with Crippen LogP contribution in [0.2, 0.25) is 0 Å². The molecular weight excluding hydrogens is 534 g/mol. The molecule has 4 aromatic rings. The molecule has 1 atom stereocenters. The SMILES string of the molecule is CCOC(=O)C1=C(C)N=c2sc(=Cc3ccc(-c4cc([N+](=O)[O-])ccc4C)o3)c(=O)n2C1c1ccc(OC)cc1. The van der Waals surface area contributed by atoms with E-state index in [0.29, 0.717) is 43.4 Å². The summed E-state index contributed by atoms with van der Waals surface area (Å²) < 4.78 is 18.4. The highest BCUT2D eigenvalue weighted by molar-refractivity contribution is 7.07. The van der Waals surface area contributed by atoms with Gasteiger partial charge in [-0.25, -0.2) is 9.79 Å². The number of thiazole rings is 1. The zero-order valence-electron chi connectivity index (χ0n) is 22.2. The summed E-state index contributed by atoms with van der Waals surface area (Å²) >= 11 is 1.18. The van der Waals surface area contributed by atoms with Crippen LogP contribution in [0.5, 0.6) is 5.75 Å². The summed E-state index contributed by atoms with van der Waals surface area (Å²) in [6, 6.07) is 14.4. The molecule has 0 spiro atoms. The van der Waals surface area contributed by atoms with Crippen LogP contribution >= 0.6 is 11.3 Å². The van der Waals surface area contributed by atoms with Gasteiger partial charge in [-0.3, -0.25) is 19.5 Å². The van der Waals surface area contributed by atoms with Gasteiger partial charge in [0, 0.05) is 23.8 Å². The molecule has 1 aliphatic heterocycles. The molecule has 2 aromatic carbocycles. The van der Waals surface area contributed by atoms with Crippen molar-refractivity contribution < 1.29 is 23.6 Å². The van der Waals surface area contributed by atoms with E-state index in [9.17, 15) is 19.7 Å². The molecule has 0 aliphatic carbocycles. The molecule has 3 heterocycles. The molecule has 2 aromatic heterocycles. The Balaban J connectivity index is 1.62. The van der Waals surface area contributed by atoms with Gasteiger partial charge in [0.2, 0.25) is 0 Å². The van der Waals surface area contributed by atoms with E-state index < -0.39 is 16.9 Å². The van der Waals surface area contributed by atoms with Gasteiger partial charge in [-0.15, -0.1) is 0 Å². The third-order valence-corrected chi connectivity index (χ3v) is 7.53. The van der Waals surface area contributed by atoms with Crippen LogP contribution in [0.3, 0.4) is 0 Å². The quantitative estimate of drug-likeness (QED) is 0.188. The third kappa shape index (κ3) is 4.87. The van der Waals surface area contributed by atoms with Crippen LogP contribution in [-0.4, -0.2) is 29.2 Å². The van der Waals surface area contributed by atoms with Crippen LogP contribution < -0.4 is 19.6 Å². The molecule has 0 N–H and O–H groups in total. The Labute approximate surface area is 232 Å². The lowest BCUT2D eigenvalue weighted by molar-refractivity contribution is -0.384. The van der Waals surface area contributed by atoms with E-state index in [4.69, 9.17) is 13.9 Å². The molecule has 0 saturated carbocycles. The number of ether oxygens (including phenoxy) is 2. The highest BCUT2D eigenvalue weighted by atomic mass is 32.1. The van der Waals surface area contributed by atoms with Gasteiger partial charge in [-0.2, -0.15) is 0 Å².